The van der Waals surface area contributed by atoms with Gasteiger partial charge in [0.1, 0.15) is 0 Å². The molecule has 0 saturated carbocycles. The Bertz CT molecular complexity index is 617. The molecule has 1 aromatic carbocycles. The van der Waals surface area contributed by atoms with Gasteiger partial charge in [0, 0.05) is 51.0 Å². The Morgan fingerprint density at radius 3 is 2.50 bits per heavy atom. The van der Waals surface area contributed by atoms with Gasteiger partial charge in [-0.25, -0.2) is 4.99 Å². The van der Waals surface area contributed by atoms with Crippen LogP contribution in [-0.4, -0.2) is 61.2 Å². The molecule has 1 fully saturated rings. The lowest BCUT2D eigenvalue weighted by atomic mass is 10.0. The smallest absolute Gasteiger partial charge is 0.269 e. The molecule has 1 aromatic rings. The van der Waals surface area contributed by atoms with E-state index < -0.39 is 4.92 Å². The average Bonchev–Trinajstić information content (AvgIpc) is 2.67. The lowest BCUT2D eigenvalue weighted by Gasteiger charge is -2.35. The molecule has 0 aliphatic carbocycles. The fourth-order valence-corrected chi connectivity index (χ4v) is 3.07. The summed E-state index contributed by atoms with van der Waals surface area (Å²) in [6.45, 7) is 8.38. The third kappa shape index (κ3) is 8.27. The van der Waals surface area contributed by atoms with Crippen LogP contribution in [-0.2, 0) is 11.3 Å². The molecule has 0 amide bonds. The SMILES string of the molecule is COCCNC(=NCc1ccc([N+](=O)[O-])cc1)NC1CCN(C(C)C)CC1.I. The van der Waals surface area contributed by atoms with Crippen molar-refractivity contribution in [2.75, 3.05) is 33.4 Å². The number of halogens is 1. The number of methoxy groups -OCH3 is 1. The number of guanidine groups is 1. The van der Waals surface area contributed by atoms with Gasteiger partial charge in [-0.1, -0.05) is 12.1 Å². The lowest BCUT2D eigenvalue weighted by Crippen LogP contribution is -2.50. The van der Waals surface area contributed by atoms with Crippen molar-refractivity contribution >= 4 is 35.6 Å². The first kappa shape index (κ1) is 24.6. The third-order valence-corrected chi connectivity index (χ3v) is 4.77. The molecule has 2 rings (SSSR count). The van der Waals surface area contributed by atoms with Gasteiger partial charge in [0.25, 0.3) is 5.69 Å². The highest BCUT2D eigenvalue weighted by Gasteiger charge is 2.21. The van der Waals surface area contributed by atoms with E-state index in [9.17, 15) is 10.1 Å². The number of rotatable bonds is 8. The van der Waals surface area contributed by atoms with E-state index in [0.29, 0.717) is 31.8 Å². The number of ether oxygens (including phenoxy) is 1. The molecule has 0 atom stereocenters. The Morgan fingerprint density at radius 2 is 1.96 bits per heavy atom. The number of likely N-dealkylation sites (tertiary alicyclic amines) is 1. The van der Waals surface area contributed by atoms with E-state index in [1.165, 1.54) is 12.1 Å². The van der Waals surface area contributed by atoms with Gasteiger partial charge in [-0.05, 0) is 32.3 Å². The van der Waals surface area contributed by atoms with Crippen molar-refractivity contribution in [1.29, 1.82) is 0 Å². The summed E-state index contributed by atoms with van der Waals surface area (Å²) in [6.07, 6.45) is 2.17. The van der Waals surface area contributed by atoms with E-state index in [4.69, 9.17) is 4.74 Å². The molecule has 1 aliphatic heterocycles. The van der Waals surface area contributed by atoms with Crippen molar-refractivity contribution in [3.63, 3.8) is 0 Å². The number of nitrogens with one attached hydrogen (secondary N) is 2. The standard InChI is InChI=1S/C19H31N5O3.HI/c1-15(2)23-11-8-17(9-12-23)22-19(20-10-13-27-3)21-14-16-4-6-18(7-5-16)24(25)26;/h4-7,15,17H,8-14H2,1-3H3,(H2,20,21,22);1H. The number of nitro groups is 1. The number of nitrogens with zero attached hydrogens (tertiary/aromatic N) is 3. The van der Waals surface area contributed by atoms with Crippen molar-refractivity contribution in [3.8, 4) is 0 Å². The normalized spacial score (nSPS) is 15.9. The number of piperidine rings is 1. The molecule has 1 aliphatic rings. The molecule has 28 heavy (non-hydrogen) atoms. The highest BCUT2D eigenvalue weighted by Crippen LogP contribution is 2.14. The van der Waals surface area contributed by atoms with Gasteiger partial charge in [-0.15, -0.1) is 24.0 Å². The predicted octanol–water partition coefficient (Wildman–Crippen LogP) is 2.77. The van der Waals surface area contributed by atoms with E-state index >= 15 is 0 Å². The minimum absolute atomic E-state index is 0. The predicted molar refractivity (Wildman–Crippen MR) is 122 cm³/mol. The molecule has 1 heterocycles. The van der Waals surface area contributed by atoms with Crippen LogP contribution in [0, 0.1) is 10.1 Å². The van der Waals surface area contributed by atoms with Gasteiger partial charge in [0.05, 0.1) is 18.1 Å². The zero-order valence-corrected chi connectivity index (χ0v) is 19.2. The average molecular weight is 505 g/mol. The number of hydrogen-bond acceptors (Lipinski definition) is 5. The molecular weight excluding hydrogens is 473 g/mol. The third-order valence-electron chi connectivity index (χ3n) is 4.77. The molecule has 2 N–H and O–H groups in total. The summed E-state index contributed by atoms with van der Waals surface area (Å²) in [5, 5.41) is 17.6. The minimum atomic E-state index is -0.393. The van der Waals surface area contributed by atoms with Crippen LogP contribution in [0.25, 0.3) is 0 Å². The monoisotopic (exact) mass is 505 g/mol. The zero-order valence-electron chi connectivity index (χ0n) is 16.9. The number of hydrogen-bond donors (Lipinski definition) is 2. The van der Waals surface area contributed by atoms with Crippen LogP contribution in [0.15, 0.2) is 29.3 Å². The first-order valence-corrected chi connectivity index (χ1v) is 9.50. The number of aliphatic imine (C=N–C) groups is 1. The maximum Gasteiger partial charge on any atom is 0.269 e. The van der Waals surface area contributed by atoms with Gasteiger partial charge < -0.3 is 20.3 Å². The molecule has 0 radical (unpaired) electrons. The molecule has 0 unspecified atom stereocenters. The summed E-state index contributed by atoms with van der Waals surface area (Å²) < 4.78 is 5.11. The van der Waals surface area contributed by atoms with Crippen LogP contribution in [0.5, 0.6) is 0 Å². The summed E-state index contributed by atoms with van der Waals surface area (Å²) in [5.41, 5.74) is 1.03. The Morgan fingerprint density at radius 1 is 1.32 bits per heavy atom. The van der Waals surface area contributed by atoms with Gasteiger partial charge in [-0.2, -0.15) is 0 Å². The van der Waals surface area contributed by atoms with Gasteiger partial charge in [0.2, 0.25) is 0 Å². The number of benzene rings is 1. The zero-order chi connectivity index (χ0) is 19.6. The maximum absolute atomic E-state index is 10.8. The Kier molecular flexibility index (Phi) is 11.3. The highest BCUT2D eigenvalue weighted by atomic mass is 127. The van der Waals surface area contributed by atoms with Crippen LogP contribution in [0.1, 0.15) is 32.3 Å². The van der Waals surface area contributed by atoms with Crippen LogP contribution in [0.2, 0.25) is 0 Å². The first-order chi connectivity index (χ1) is 13.0. The molecule has 8 nitrogen and oxygen atoms in total. The summed E-state index contributed by atoms with van der Waals surface area (Å²) in [5.74, 6) is 0.758. The first-order valence-electron chi connectivity index (χ1n) is 9.50. The van der Waals surface area contributed by atoms with Crippen molar-refractivity contribution < 1.29 is 9.66 Å². The molecular formula is C19H32IN5O3. The summed E-state index contributed by atoms with van der Waals surface area (Å²) in [6, 6.07) is 7.49. The van der Waals surface area contributed by atoms with E-state index in [-0.39, 0.29) is 29.7 Å². The Labute approximate surface area is 184 Å². The second-order valence-corrected chi connectivity index (χ2v) is 7.06. The maximum atomic E-state index is 10.8. The summed E-state index contributed by atoms with van der Waals surface area (Å²) in [4.78, 5) is 17.5. The highest BCUT2D eigenvalue weighted by molar-refractivity contribution is 14.0. The molecule has 0 aromatic heterocycles. The molecule has 0 spiro atoms. The molecule has 1 saturated heterocycles. The van der Waals surface area contributed by atoms with Gasteiger partial charge >= 0.3 is 0 Å². The Balaban J connectivity index is 0.00000392. The summed E-state index contributed by atoms with van der Waals surface area (Å²) in [7, 11) is 1.67. The van der Waals surface area contributed by atoms with Crippen LogP contribution in [0.4, 0.5) is 5.69 Å². The van der Waals surface area contributed by atoms with Crippen molar-refractivity contribution in [2.24, 2.45) is 4.99 Å². The fraction of sp³-hybridized carbons (Fsp3) is 0.632. The molecule has 0 bridgehead atoms. The molecule has 158 valence electrons. The fourth-order valence-electron chi connectivity index (χ4n) is 3.07. The van der Waals surface area contributed by atoms with E-state index in [2.05, 4.69) is 34.4 Å². The number of non-ortho nitro benzene ring substituents is 1. The quantitative estimate of drug-likeness (QED) is 0.141. The van der Waals surface area contributed by atoms with E-state index in [0.717, 1.165) is 37.5 Å². The topological polar surface area (TPSA) is 92.0 Å². The Hall–Kier alpha value is -1.46. The largest absolute Gasteiger partial charge is 0.383 e. The van der Waals surface area contributed by atoms with E-state index in [1.54, 1.807) is 19.2 Å². The lowest BCUT2D eigenvalue weighted by molar-refractivity contribution is -0.384. The van der Waals surface area contributed by atoms with Crippen LogP contribution >= 0.6 is 24.0 Å². The van der Waals surface area contributed by atoms with Gasteiger partial charge in [0.15, 0.2) is 5.96 Å². The van der Waals surface area contributed by atoms with Crippen molar-refractivity contribution in [2.45, 2.75) is 45.3 Å². The van der Waals surface area contributed by atoms with Crippen LogP contribution in [0.3, 0.4) is 0 Å². The van der Waals surface area contributed by atoms with Crippen LogP contribution < -0.4 is 10.6 Å². The molecule has 9 heteroatoms. The summed E-state index contributed by atoms with van der Waals surface area (Å²) >= 11 is 0. The van der Waals surface area contributed by atoms with E-state index in [1.807, 2.05) is 0 Å². The number of nitro benzene ring substituents is 1. The second kappa shape index (κ2) is 12.9. The van der Waals surface area contributed by atoms with Crippen molar-refractivity contribution in [3.05, 3.63) is 39.9 Å². The second-order valence-electron chi connectivity index (χ2n) is 7.06. The van der Waals surface area contributed by atoms with Gasteiger partial charge in [-0.3, -0.25) is 10.1 Å². The minimum Gasteiger partial charge on any atom is -0.383 e. The van der Waals surface area contributed by atoms with Crippen molar-refractivity contribution in [1.82, 2.24) is 15.5 Å².